The number of unbranched alkanes of at least 4 members (excludes halogenated alkanes) is 1. The Morgan fingerprint density at radius 2 is 2.10 bits per heavy atom. The Balaban J connectivity index is 2.07. The smallest absolute Gasteiger partial charge is 0.156 e. The van der Waals surface area contributed by atoms with Gasteiger partial charge in [-0.25, -0.2) is 15.0 Å². The maximum atomic E-state index is 12.3. The maximum absolute atomic E-state index is 12.3. The number of nitrogens with zero attached hydrogens (tertiary/aromatic N) is 5. The number of rotatable bonds is 8. The first-order valence-electron chi connectivity index (χ1n) is 9.29. The van der Waals surface area contributed by atoms with Crippen molar-refractivity contribution in [1.82, 2.24) is 19.5 Å². The largest absolute Gasteiger partial charge is 0.616 e. The Kier molecular flexibility index (Phi) is 7.35. The van der Waals surface area contributed by atoms with Gasteiger partial charge in [-0.05, 0) is 37.5 Å². The molecule has 0 N–H and O–H groups in total. The standard InChI is InChI=1S/C20H23N5OS3/c1-5-6-7-29(26)12-27-19-16(9-21)15(18-11-22-14(3)25(18)4)8-17(24-19)20-23-10-13(2)28-20/h8,10-11H,5-7,12H2,1-4H3. The van der Waals surface area contributed by atoms with E-state index in [2.05, 4.69) is 23.0 Å². The van der Waals surface area contributed by atoms with Crippen LogP contribution >= 0.6 is 23.1 Å². The highest BCUT2D eigenvalue weighted by atomic mass is 32.3. The lowest BCUT2D eigenvalue weighted by atomic mass is 10.1. The number of thioether (sulfide) groups is 1. The summed E-state index contributed by atoms with van der Waals surface area (Å²) in [6.45, 7) is 6.01. The zero-order chi connectivity index (χ0) is 21.0. The van der Waals surface area contributed by atoms with Gasteiger partial charge in [0.1, 0.15) is 33.4 Å². The molecular weight excluding hydrogens is 422 g/mol. The van der Waals surface area contributed by atoms with Crippen LogP contribution < -0.4 is 0 Å². The summed E-state index contributed by atoms with van der Waals surface area (Å²) < 4.78 is 14.3. The van der Waals surface area contributed by atoms with Gasteiger partial charge in [-0.1, -0.05) is 25.1 Å². The summed E-state index contributed by atoms with van der Waals surface area (Å²) in [6, 6.07) is 4.22. The fourth-order valence-electron chi connectivity index (χ4n) is 2.76. The molecule has 29 heavy (non-hydrogen) atoms. The second kappa shape index (κ2) is 9.76. The zero-order valence-corrected chi connectivity index (χ0v) is 19.4. The molecule has 1 atom stereocenters. The highest BCUT2D eigenvalue weighted by Crippen LogP contribution is 2.35. The van der Waals surface area contributed by atoms with Gasteiger partial charge in [0.2, 0.25) is 0 Å². The molecule has 6 nitrogen and oxygen atoms in total. The molecule has 0 aromatic carbocycles. The van der Waals surface area contributed by atoms with Crippen molar-refractivity contribution in [2.45, 2.75) is 38.6 Å². The number of aromatic nitrogens is 4. The Hall–Kier alpha value is -1.86. The highest BCUT2D eigenvalue weighted by Gasteiger charge is 2.21. The fourth-order valence-corrected chi connectivity index (χ4v) is 6.00. The number of aryl methyl sites for hydroxylation is 2. The van der Waals surface area contributed by atoms with E-state index in [-0.39, 0.29) is 0 Å². The second-order valence-electron chi connectivity index (χ2n) is 6.63. The summed E-state index contributed by atoms with van der Waals surface area (Å²) in [6.07, 6.45) is 5.54. The predicted octanol–water partition coefficient (Wildman–Crippen LogP) is 4.69. The predicted molar refractivity (Wildman–Crippen MR) is 120 cm³/mol. The molecule has 3 aromatic rings. The van der Waals surface area contributed by atoms with E-state index in [1.807, 2.05) is 37.7 Å². The van der Waals surface area contributed by atoms with Gasteiger partial charge in [-0.15, -0.1) is 11.3 Å². The Bertz CT molecular complexity index is 1040. The molecule has 0 amide bonds. The zero-order valence-electron chi connectivity index (χ0n) is 16.9. The number of hydrogen-bond acceptors (Lipinski definition) is 7. The second-order valence-corrected chi connectivity index (χ2v) is 10.8. The lowest BCUT2D eigenvalue weighted by Crippen LogP contribution is -2.09. The van der Waals surface area contributed by atoms with E-state index in [0.717, 1.165) is 45.5 Å². The minimum Gasteiger partial charge on any atom is -0.616 e. The summed E-state index contributed by atoms with van der Waals surface area (Å²) in [5.41, 5.74) is 2.83. The van der Waals surface area contributed by atoms with E-state index >= 15 is 0 Å². The molecule has 9 heteroatoms. The van der Waals surface area contributed by atoms with Gasteiger partial charge in [0.05, 0.1) is 17.5 Å². The van der Waals surface area contributed by atoms with Crippen molar-refractivity contribution < 1.29 is 4.55 Å². The van der Waals surface area contributed by atoms with Crippen LogP contribution in [0.2, 0.25) is 0 Å². The van der Waals surface area contributed by atoms with Crippen molar-refractivity contribution in [2.24, 2.45) is 7.05 Å². The highest BCUT2D eigenvalue weighted by molar-refractivity contribution is 8.12. The van der Waals surface area contributed by atoms with Gasteiger partial charge in [-0.2, -0.15) is 5.26 Å². The molecule has 0 spiro atoms. The van der Waals surface area contributed by atoms with Crippen LogP contribution in [0.1, 0.15) is 36.0 Å². The van der Waals surface area contributed by atoms with E-state index in [0.29, 0.717) is 21.4 Å². The molecule has 0 saturated heterocycles. The van der Waals surface area contributed by atoms with Crippen molar-refractivity contribution in [2.75, 3.05) is 10.8 Å². The van der Waals surface area contributed by atoms with Crippen molar-refractivity contribution in [3.63, 3.8) is 0 Å². The number of nitriles is 1. The molecule has 0 aliphatic rings. The summed E-state index contributed by atoms with van der Waals surface area (Å²) >= 11 is 2.00. The van der Waals surface area contributed by atoms with Crippen molar-refractivity contribution in [3.05, 3.63) is 34.7 Å². The number of imidazole rings is 1. The SMILES string of the molecule is CCCC[S+]([O-])CSc1nc(-c2ncc(C)s2)cc(-c2cnc(C)n2C)c1C#N. The summed E-state index contributed by atoms with van der Waals surface area (Å²) in [4.78, 5) is 14.7. The quantitative estimate of drug-likeness (QED) is 0.369. The first-order chi connectivity index (χ1) is 13.9. The van der Waals surface area contributed by atoms with Crippen LogP contribution in [-0.2, 0) is 18.2 Å². The van der Waals surface area contributed by atoms with Crippen LogP contribution in [0.5, 0.6) is 0 Å². The number of hydrogen-bond donors (Lipinski definition) is 0. The maximum Gasteiger partial charge on any atom is 0.156 e. The molecule has 3 heterocycles. The molecule has 1 unspecified atom stereocenters. The average Bonchev–Trinajstić information content (AvgIpc) is 3.29. The topological polar surface area (TPSA) is 90.4 Å². The van der Waals surface area contributed by atoms with Gasteiger partial charge in [-0.3, -0.25) is 0 Å². The van der Waals surface area contributed by atoms with Crippen LogP contribution in [0.4, 0.5) is 0 Å². The number of pyridine rings is 1. The lowest BCUT2D eigenvalue weighted by Gasteiger charge is -2.13. The summed E-state index contributed by atoms with van der Waals surface area (Å²) in [5.74, 6) is 1.53. The molecule has 0 aliphatic heterocycles. The molecule has 3 aromatic heterocycles. The molecule has 152 valence electrons. The third-order valence-electron chi connectivity index (χ3n) is 4.49. The Labute approximate surface area is 182 Å². The van der Waals surface area contributed by atoms with Crippen LogP contribution in [0, 0.1) is 25.2 Å². The first kappa shape index (κ1) is 21.8. The average molecular weight is 446 g/mol. The van der Waals surface area contributed by atoms with Gasteiger partial charge in [0.25, 0.3) is 0 Å². The van der Waals surface area contributed by atoms with Crippen LogP contribution in [0.15, 0.2) is 23.5 Å². The Morgan fingerprint density at radius 3 is 2.69 bits per heavy atom. The van der Waals surface area contributed by atoms with Crippen LogP contribution in [0.3, 0.4) is 0 Å². The van der Waals surface area contributed by atoms with Crippen LogP contribution in [0.25, 0.3) is 22.0 Å². The first-order valence-corrected chi connectivity index (χ1v) is 12.6. The summed E-state index contributed by atoms with van der Waals surface area (Å²) in [7, 11) is 1.93. The molecule has 0 saturated carbocycles. The third kappa shape index (κ3) is 5.01. The van der Waals surface area contributed by atoms with Crippen molar-refractivity contribution in [1.29, 1.82) is 5.26 Å². The fraction of sp³-hybridized carbons (Fsp3) is 0.400. The molecule has 3 rings (SSSR count). The van der Waals surface area contributed by atoms with Gasteiger partial charge >= 0.3 is 0 Å². The van der Waals surface area contributed by atoms with Crippen molar-refractivity contribution in [3.8, 4) is 28.0 Å². The van der Waals surface area contributed by atoms with Crippen LogP contribution in [-0.4, -0.2) is 34.9 Å². The van der Waals surface area contributed by atoms with E-state index in [4.69, 9.17) is 4.98 Å². The third-order valence-corrected chi connectivity index (χ3v) is 8.26. The van der Waals surface area contributed by atoms with E-state index in [1.54, 1.807) is 17.5 Å². The van der Waals surface area contributed by atoms with Crippen molar-refractivity contribution >= 4 is 34.3 Å². The van der Waals surface area contributed by atoms with Gasteiger partial charge < -0.3 is 9.12 Å². The monoisotopic (exact) mass is 445 g/mol. The van der Waals surface area contributed by atoms with Gasteiger partial charge in [0, 0.05) is 23.7 Å². The summed E-state index contributed by atoms with van der Waals surface area (Å²) in [5, 5.41) is 11.7. The lowest BCUT2D eigenvalue weighted by molar-refractivity contribution is 0.596. The molecule has 0 fully saturated rings. The normalized spacial score (nSPS) is 12.1. The molecule has 0 aliphatic carbocycles. The minimum absolute atomic E-state index is 0.423. The minimum atomic E-state index is -0.946. The van der Waals surface area contributed by atoms with E-state index in [1.165, 1.54) is 11.8 Å². The molecular formula is C20H23N5OS3. The number of thiazole rings is 1. The van der Waals surface area contributed by atoms with E-state index < -0.39 is 11.2 Å². The molecule has 0 bridgehead atoms. The van der Waals surface area contributed by atoms with Gasteiger partial charge in [0.15, 0.2) is 5.08 Å². The van der Waals surface area contributed by atoms with E-state index in [9.17, 15) is 9.81 Å². The Morgan fingerprint density at radius 1 is 1.31 bits per heavy atom. The molecule has 0 radical (unpaired) electrons.